The highest BCUT2D eigenvalue weighted by atomic mass is 16.4. The van der Waals surface area contributed by atoms with E-state index < -0.39 is 6.04 Å². The molecule has 0 aliphatic heterocycles. The summed E-state index contributed by atoms with van der Waals surface area (Å²) in [6.07, 6.45) is 3.36. The molecule has 3 N–H and O–H groups in total. The molecule has 1 atom stereocenters. The van der Waals surface area contributed by atoms with Crippen molar-refractivity contribution in [1.82, 2.24) is 25.1 Å². The van der Waals surface area contributed by atoms with Crippen LogP contribution in [-0.4, -0.2) is 31.7 Å². The van der Waals surface area contributed by atoms with Crippen LogP contribution in [0.4, 0.5) is 0 Å². The highest BCUT2D eigenvalue weighted by molar-refractivity contribution is 5.80. The maximum absolute atomic E-state index is 11.7. The molecule has 0 fully saturated rings. The summed E-state index contributed by atoms with van der Waals surface area (Å²) in [7, 11) is 0. The molecule has 8 nitrogen and oxygen atoms in total. The van der Waals surface area contributed by atoms with Gasteiger partial charge in [-0.25, -0.2) is 4.98 Å². The normalized spacial score (nSPS) is 11.9. The third kappa shape index (κ3) is 4.07. The molecule has 0 saturated heterocycles. The molecule has 4 aromatic rings. The quantitative estimate of drug-likeness (QED) is 0.525. The highest BCUT2D eigenvalue weighted by Gasteiger charge is 2.15. The Hall–Kier alpha value is -3.78. The molecule has 0 aliphatic carbocycles. The first-order valence-corrected chi connectivity index (χ1v) is 9.16. The van der Waals surface area contributed by atoms with Gasteiger partial charge in [0.2, 0.25) is 11.8 Å². The lowest BCUT2D eigenvalue weighted by Gasteiger charge is -2.10. The average molecular weight is 388 g/mol. The van der Waals surface area contributed by atoms with E-state index in [0.29, 0.717) is 24.0 Å². The summed E-state index contributed by atoms with van der Waals surface area (Å²) >= 11 is 0. The van der Waals surface area contributed by atoms with E-state index in [1.807, 2.05) is 59.2 Å². The van der Waals surface area contributed by atoms with Crippen molar-refractivity contribution in [2.24, 2.45) is 5.73 Å². The van der Waals surface area contributed by atoms with Crippen LogP contribution < -0.4 is 11.1 Å². The molecule has 29 heavy (non-hydrogen) atoms. The molecule has 1 amide bonds. The monoisotopic (exact) mass is 388 g/mol. The second kappa shape index (κ2) is 8.07. The SMILES string of the molecule is C[C@H](N)C(=O)NCc1cccc(-n2cncc2-c2nnc(-c3ccccc3)o2)c1. The zero-order valence-electron chi connectivity index (χ0n) is 15.8. The number of carbonyl (C=O) groups is 1. The molecular weight excluding hydrogens is 368 g/mol. The molecule has 4 rings (SSSR count). The minimum absolute atomic E-state index is 0.196. The molecule has 146 valence electrons. The molecule has 0 bridgehead atoms. The molecule has 8 heteroatoms. The van der Waals surface area contributed by atoms with E-state index in [2.05, 4.69) is 20.5 Å². The van der Waals surface area contributed by atoms with Gasteiger partial charge in [0.25, 0.3) is 5.89 Å². The number of carbonyl (C=O) groups excluding carboxylic acids is 1. The number of rotatable bonds is 6. The summed E-state index contributed by atoms with van der Waals surface area (Å²) in [5, 5.41) is 11.1. The van der Waals surface area contributed by atoms with Gasteiger partial charge in [0, 0.05) is 17.8 Å². The van der Waals surface area contributed by atoms with Gasteiger partial charge in [-0.1, -0.05) is 30.3 Å². The highest BCUT2D eigenvalue weighted by Crippen LogP contribution is 2.25. The van der Waals surface area contributed by atoms with Crippen LogP contribution in [0.2, 0.25) is 0 Å². The van der Waals surface area contributed by atoms with Gasteiger partial charge in [0.05, 0.1) is 18.6 Å². The van der Waals surface area contributed by atoms with E-state index in [-0.39, 0.29) is 5.91 Å². The van der Waals surface area contributed by atoms with Crippen molar-refractivity contribution in [1.29, 1.82) is 0 Å². The van der Waals surface area contributed by atoms with Crippen LogP contribution in [0.3, 0.4) is 0 Å². The zero-order chi connectivity index (χ0) is 20.2. The third-order valence-corrected chi connectivity index (χ3v) is 4.37. The predicted octanol–water partition coefficient (Wildman–Crippen LogP) is 2.55. The fourth-order valence-electron chi connectivity index (χ4n) is 2.85. The summed E-state index contributed by atoms with van der Waals surface area (Å²) in [6, 6.07) is 16.8. The summed E-state index contributed by atoms with van der Waals surface area (Å²) in [4.78, 5) is 15.9. The second-order valence-corrected chi connectivity index (χ2v) is 6.60. The van der Waals surface area contributed by atoms with Gasteiger partial charge in [0.1, 0.15) is 5.69 Å². The van der Waals surface area contributed by atoms with Crippen LogP contribution in [0.5, 0.6) is 0 Å². The number of nitrogens with zero attached hydrogens (tertiary/aromatic N) is 4. The van der Waals surface area contributed by atoms with Crippen molar-refractivity contribution in [3.8, 4) is 28.7 Å². The van der Waals surface area contributed by atoms with Crippen LogP contribution in [0.25, 0.3) is 28.7 Å². The van der Waals surface area contributed by atoms with Gasteiger partial charge in [-0.05, 0) is 36.8 Å². The lowest BCUT2D eigenvalue weighted by molar-refractivity contribution is -0.122. The van der Waals surface area contributed by atoms with E-state index >= 15 is 0 Å². The summed E-state index contributed by atoms with van der Waals surface area (Å²) in [6.45, 7) is 2.04. The lowest BCUT2D eigenvalue weighted by Crippen LogP contribution is -2.37. The van der Waals surface area contributed by atoms with Gasteiger partial charge in [-0.3, -0.25) is 9.36 Å². The largest absolute Gasteiger partial charge is 0.415 e. The lowest BCUT2D eigenvalue weighted by atomic mass is 10.2. The molecule has 2 aromatic heterocycles. The summed E-state index contributed by atoms with van der Waals surface area (Å²) < 4.78 is 7.72. The van der Waals surface area contributed by atoms with E-state index in [1.165, 1.54) is 0 Å². The fraction of sp³-hybridized carbons (Fsp3) is 0.143. The predicted molar refractivity (Wildman–Crippen MR) is 108 cm³/mol. The Morgan fingerprint density at radius 1 is 1.14 bits per heavy atom. The van der Waals surface area contributed by atoms with E-state index in [9.17, 15) is 4.79 Å². The Kier molecular flexibility index (Phi) is 5.17. The molecule has 0 saturated carbocycles. The summed E-state index contributed by atoms with van der Waals surface area (Å²) in [5.41, 5.74) is 8.92. The number of hydrogen-bond donors (Lipinski definition) is 2. The Balaban J connectivity index is 1.59. The van der Waals surface area contributed by atoms with Crippen LogP contribution in [0.1, 0.15) is 12.5 Å². The smallest absolute Gasteiger partial charge is 0.266 e. The van der Waals surface area contributed by atoms with Gasteiger partial charge in [-0.15, -0.1) is 10.2 Å². The number of benzene rings is 2. The van der Waals surface area contributed by atoms with E-state index in [4.69, 9.17) is 10.2 Å². The minimum atomic E-state index is -0.547. The molecule has 2 aromatic carbocycles. The molecule has 0 unspecified atom stereocenters. The van der Waals surface area contributed by atoms with E-state index in [1.54, 1.807) is 19.4 Å². The van der Waals surface area contributed by atoms with Crippen molar-refractivity contribution in [2.75, 3.05) is 0 Å². The molecule has 0 radical (unpaired) electrons. The number of hydrogen-bond acceptors (Lipinski definition) is 6. The molecule has 0 spiro atoms. The van der Waals surface area contributed by atoms with Gasteiger partial charge >= 0.3 is 0 Å². The second-order valence-electron chi connectivity index (χ2n) is 6.60. The Bertz CT molecular complexity index is 1120. The third-order valence-electron chi connectivity index (χ3n) is 4.37. The minimum Gasteiger partial charge on any atom is -0.415 e. The van der Waals surface area contributed by atoms with Gasteiger partial charge in [0.15, 0.2) is 0 Å². The van der Waals surface area contributed by atoms with Gasteiger partial charge in [-0.2, -0.15) is 0 Å². The number of aromatic nitrogens is 4. The van der Waals surface area contributed by atoms with Crippen LogP contribution >= 0.6 is 0 Å². The Morgan fingerprint density at radius 2 is 1.93 bits per heavy atom. The maximum Gasteiger partial charge on any atom is 0.266 e. The average Bonchev–Trinajstić information content (AvgIpc) is 3.42. The van der Waals surface area contributed by atoms with Gasteiger partial charge < -0.3 is 15.5 Å². The molecule has 2 heterocycles. The first-order valence-electron chi connectivity index (χ1n) is 9.16. The van der Waals surface area contributed by atoms with Crippen LogP contribution in [-0.2, 0) is 11.3 Å². The Morgan fingerprint density at radius 3 is 2.72 bits per heavy atom. The standard InChI is InChI=1S/C21H20N6O2/c1-14(22)19(28)24-11-15-6-5-9-17(10-15)27-13-23-12-18(27)21-26-25-20(29-21)16-7-3-2-4-8-16/h2-10,12-14H,11,22H2,1H3,(H,24,28)/t14-/m0/s1. The van der Waals surface area contributed by atoms with Crippen LogP contribution in [0, 0.1) is 0 Å². The first kappa shape index (κ1) is 18.6. The van der Waals surface area contributed by atoms with Crippen LogP contribution in [0.15, 0.2) is 71.5 Å². The van der Waals surface area contributed by atoms with E-state index in [0.717, 1.165) is 16.8 Å². The number of nitrogens with one attached hydrogen (secondary N) is 1. The maximum atomic E-state index is 11.7. The first-order chi connectivity index (χ1) is 14.1. The van der Waals surface area contributed by atoms with Crippen molar-refractivity contribution in [3.05, 3.63) is 72.7 Å². The van der Waals surface area contributed by atoms with Crippen molar-refractivity contribution >= 4 is 5.91 Å². The Labute approximate surface area is 167 Å². The topological polar surface area (TPSA) is 112 Å². The number of nitrogens with two attached hydrogens (primary N) is 1. The zero-order valence-corrected chi connectivity index (χ0v) is 15.8. The van der Waals surface area contributed by atoms with Crippen molar-refractivity contribution < 1.29 is 9.21 Å². The number of amides is 1. The molecular formula is C21H20N6O2. The van der Waals surface area contributed by atoms with Crippen molar-refractivity contribution in [2.45, 2.75) is 19.5 Å². The fourth-order valence-corrected chi connectivity index (χ4v) is 2.85. The number of imidazole rings is 1. The van der Waals surface area contributed by atoms with Crippen molar-refractivity contribution in [3.63, 3.8) is 0 Å². The molecule has 0 aliphatic rings. The summed E-state index contributed by atoms with van der Waals surface area (Å²) in [5.74, 6) is 0.621.